The van der Waals surface area contributed by atoms with Gasteiger partial charge >= 0.3 is 0 Å². The number of carbonyl (C=O) groups is 2. The highest BCUT2D eigenvalue weighted by Gasteiger charge is 2.33. The van der Waals surface area contributed by atoms with Gasteiger partial charge in [-0.25, -0.2) is 0 Å². The van der Waals surface area contributed by atoms with Gasteiger partial charge in [-0.2, -0.15) is 0 Å². The van der Waals surface area contributed by atoms with Crippen LogP contribution in [0.25, 0.3) is 6.08 Å². The van der Waals surface area contributed by atoms with Gasteiger partial charge in [0.25, 0.3) is 11.1 Å². The maximum Gasteiger partial charge on any atom is 0.293 e. The minimum atomic E-state index is -0.246. The van der Waals surface area contributed by atoms with Gasteiger partial charge in [-0.15, -0.1) is 6.58 Å². The summed E-state index contributed by atoms with van der Waals surface area (Å²) in [5, 5.41) is -0.238. The molecule has 0 unspecified atom stereocenters. The van der Waals surface area contributed by atoms with E-state index in [0.717, 1.165) is 17.3 Å². The van der Waals surface area contributed by atoms with Crippen LogP contribution in [0.2, 0.25) is 0 Å². The van der Waals surface area contributed by atoms with E-state index in [1.54, 1.807) is 12.2 Å². The third-order valence-corrected chi connectivity index (χ3v) is 4.17. The SMILES string of the molecule is C=CCN1C(=O)S/C(=C/c2ccc(C(C)(C)C)cc2)C1=O. The Morgan fingerprint density at radius 2 is 1.81 bits per heavy atom. The number of amides is 2. The van der Waals surface area contributed by atoms with Crippen molar-refractivity contribution in [2.75, 3.05) is 6.54 Å². The van der Waals surface area contributed by atoms with Crippen molar-refractivity contribution in [3.8, 4) is 0 Å². The van der Waals surface area contributed by atoms with Crippen molar-refractivity contribution in [2.45, 2.75) is 26.2 Å². The molecule has 3 nitrogen and oxygen atoms in total. The normalized spacial score (nSPS) is 17.7. The molecule has 21 heavy (non-hydrogen) atoms. The highest BCUT2D eigenvalue weighted by molar-refractivity contribution is 8.18. The molecule has 0 saturated carbocycles. The summed E-state index contributed by atoms with van der Waals surface area (Å²) in [7, 11) is 0. The zero-order valence-electron chi connectivity index (χ0n) is 12.6. The zero-order valence-corrected chi connectivity index (χ0v) is 13.4. The molecule has 0 N–H and O–H groups in total. The summed E-state index contributed by atoms with van der Waals surface area (Å²) in [6.45, 7) is 10.3. The summed E-state index contributed by atoms with van der Waals surface area (Å²) >= 11 is 0.977. The Balaban J connectivity index is 2.23. The van der Waals surface area contributed by atoms with Crippen LogP contribution in [-0.4, -0.2) is 22.6 Å². The number of benzene rings is 1. The van der Waals surface area contributed by atoms with E-state index in [9.17, 15) is 9.59 Å². The van der Waals surface area contributed by atoms with Crippen LogP contribution < -0.4 is 0 Å². The molecule has 110 valence electrons. The van der Waals surface area contributed by atoms with E-state index < -0.39 is 0 Å². The predicted molar refractivity (Wildman–Crippen MR) is 88.0 cm³/mol. The first-order valence-corrected chi connectivity index (χ1v) is 7.61. The fraction of sp³-hybridized carbons (Fsp3) is 0.294. The number of nitrogens with zero attached hydrogens (tertiary/aromatic N) is 1. The van der Waals surface area contributed by atoms with Crippen molar-refractivity contribution >= 4 is 29.0 Å². The largest absolute Gasteiger partial charge is 0.293 e. The molecule has 4 heteroatoms. The fourth-order valence-electron chi connectivity index (χ4n) is 2.02. The van der Waals surface area contributed by atoms with E-state index in [-0.39, 0.29) is 23.1 Å². The second-order valence-corrected chi connectivity index (χ2v) is 6.95. The van der Waals surface area contributed by atoms with E-state index in [2.05, 4.69) is 39.5 Å². The average molecular weight is 301 g/mol. The summed E-state index contributed by atoms with van der Waals surface area (Å²) in [6.07, 6.45) is 3.32. The van der Waals surface area contributed by atoms with Crippen LogP contribution in [0.15, 0.2) is 41.8 Å². The predicted octanol–water partition coefficient (Wildman–Crippen LogP) is 4.21. The van der Waals surface area contributed by atoms with Gasteiger partial charge < -0.3 is 0 Å². The molecule has 1 aliphatic heterocycles. The van der Waals surface area contributed by atoms with Gasteiger partial charge in [0.2, 0.25) is 0 Å². The molecule has 2 amide bonds. The van der Waals surface area contributed by atoms with Gasteiger partial charge in [-0.3, -0.25) is 14.5 Å². The molecule has 1 saturated heterocycles. The van der Waals surface area contributed by atoms with Crippen molar-refractivity contribution < 1.29 is 9.59 Å². The quantitative estimate of drug-likeness (QED) is 0.620. The second-order valence-electron chi connectivity index (χ2n) is 5.95. The first kappa shape index (κ1) is 15.6. The third kappa shape index (κ3) is 3.45. The molecule has 0 atom stereocenters. The molecule has 1 aromatic rings. The Labute approximate surface area is 129 Å². The van der Waals surface area contributed by atoms with Crippen molar-refractivity contribution in [3.05, 3.63) is 53.0 Å². The molecule has 1 fully saturated rings. The van der Waals surface area contributed by atoms with Crippen molar-refractivity contribution in [2.24, 2.45) is 0 Å². The van der Waals surface area contributed by atoms with Crippen LogP contribution in [0.1, 0.15) is 31.9 Å². The van der Waals surface area contributed by atoms with E-state index in [4.69, 9.17) is 0 Å². The number of hydrogen-bond donors (Lipinski definition) is 0. The lowest BCUT2D eigenvalue weighted by Crippen LogP contribution is -2.27. The number of imide groups is 1. The maximum atomic E-state index is 12.1. The van der Waals surface area contributed by atoms with Gasteiger partial charge in [0.1, 0.15) is 0 Å². The summed E-state index contributed by atoms with van der Waals surface area (Å²) in [5.41, 5.74) is 2.26. The van der Waals surface area contributed by atoms with Gasteiger partial charge in [-0.05, 0) is 34.4 Å². The van der Waals surface area contributed by atoms with Crippen LogP contribution in [0.4, 0.5) is 4.79 Å². The Kier molecular flexibility index (Phi) is 4.37. The zero-order chi connectivity index (χ0) is 15.6. The highest BCUT2D eigenvalue weighted by atomic mass is 32.2. The number of carbonyl (C=O) groups excluding carboxylic acids is 2. The lowest BCUT2D eigenvalue weighted by molar-refractivity contribution is -0.122. The molecule has 1 aliphatic rings. The molecule has 0 radical (unpaired) electrons. The smallest absolute Gasteiger partial charge is 0.268 e. The van der Waals surface area contributed by atoms with Crippen molar-refractivity contribution in [1.29, 1.82) is 0 Å². The van der Waals surface area contributed by atoms with E-state index >= 15 is 0 Å². The van der Waals surface area contributed by atoms with Crippen LogP contribution >= 0.6 is 11.8 Å². The third-order valence-electron chi connectivity index (χ3n) is 3.26. The monoisotopic (exact) mass is 301 g/mol. The summed E-state index contributed by atoms with van der Waals surface area (Å²) in [6, 6.07) is 8.06. The first-order valence-electron chi connectivity index (χ1n) is 6.80. The average Bonchev–Trinajstić information content (AvgIpc) is 2.66. The van der Waals surface area contributed by atoms with Gasteiger partial charge in [0, 0.05) is 6.54 Å². The molecule has 0 spiro atoms. The first-order chi connectivity index (χ1) is 9.82. The van der Waals surface area contributed by atoms with Crippen LogP contribution in [0.3, 0.4) is 0 Å². The lowest BCUT2D eigenvalue weighted by atomic mass is 9.87. The molecular weight excluding hydrogens is 282 g/mol. The second kappa shape index (κ2) is 5.90. The number of rotatable bonds is 3. The lowest BCUT2D eigenvalue weighted by Gasteiger charge is -2.18. The number of thioether (sulfide) groups is 1. The summed E-state index contributed by atoms with van der Waals surface area (Å²) in [4.78, 5) is 25.5. The Hall–Kier alpha value is -1.81. The van der Waals surface area contributed by atoms with E-state index in [1.165, 1.54) is 10.5 Å². The molecular formula is C17H19NO2S. The van der Waals surface area contributed by atoms with Gasteiger partial charge in [0.15, 0.2) is 0 Å². The van der Waals surface area contributed by atoms with Crippen LogP contribution in [-0.2, 0) is 10.2 Å². The summed E-state index contributed by atoms with van der Waals surface area (Å²) in [5.74, 6) is -0.246. The maximum absolute atomic E-state index is 12.1. The van der Waals surface area contributed by atoms with Crippen LogP contribution in [0, 0.1) is 0 Å². The Morgan fingerprint density at radius 1 is 1.19 bits per heavy atom. The molecule has 0 aliphatic carbocycles. The number of hydrogen-bond acceptors (Lipinski definition) is 3. The van der Waals surface area contributed by atoms with Gasteiger partial charge in [0.05, 0.1) is 4.91 Å². The van der Waals surface area contributed by atoms with Crippen LogP contribution in [0.5, 0.6) is 0 Å². The Bertz CT molecular complexity index is 609. The Morgan fingerprint density at radius 3 is 2.33 bits per heavy atom. The molecule has 2 rings (SSSR count). The van der Waals surface area contributed by atoms with Crippen molar-refractivity contribution in [1.82, 2.24) is 4.90 Å². The van der Waals surface area contributed by atoms with Crippen molar-refractivity contribution in [3.63, 3.8) is 0 Å². The molecule has 1 aromatic carbocycles. The van der Waals surface area contributed by atoms with E-state index in [1.807, 2.05) is 12.1 Å². The summed E-state index contributed by atoms with van der Waals surface area (Å²) < 4.78 is 0. The minimum absolute atomic E-state index is 0.0975. The van der Waals surface area contributed by atoms with Gasteiger partial charge in [-0.1, -0.05) is 51.1 Å². The standard InChI is InChI=1S/C17H19NO2S/c1-5-10-18-15(19)14(21-16(18)20)11-12-6-8-13(9-7-12)17(2,3)4/h5-9,11H,1,10H2,2-4H3/b14-11+. The molecule has 0 aromatic heterocycles. The highest BCUT2D eigenvalue weighted by Crippen LogP contribution is 2.32. The minimum Gasteiger partial charge on any atom is -0.268 e. The molecule has 0 bridgehead atoms. The molecule has 1 heterocycles. The van der Waals surface area contributed by atoms with E-state index in [0.29, 0.717) is 4.91 Å². The fourth-order valence-corrected chi connectivity index (χ4v) is 2.87. The topological polar surface area (TPSA) is 37.4 Å².